The lowest BCUT2D eigenvalue weighted by atomic mass is 10.0. The number of fused-ring (bicyclic) bond motifs is 1. The van der Waals surface area contributed by atoms with Crippen LogP contribution in [0.1, 0.15) is 18.4 Å². The number of carbonyl (C=O) groups excluding carboxylic acids is 1. The van der Waals surface area contributed by atoms with Gasteiger partial charge in [0.25, 0.3) is 5.91 Å². The number of nitrogens with one attached hydrogen (secondary N) is 1. The molecule has 1 atom stereocenters. The maximum absolute atomic E-state index is 11.8. The molecule has 1 N–H and O–H groups in total. The second kappa shape index (κ2) is 8.11. The first-order valence-electron chi connectivity index (χ1n) is 8.21. The molecule has 0 saturated carbocycles. The van der Waals surface area contributed by atoms with Crippen molar-refractivity contribution in [1.29, 1.82) is 0 Å². The lowest BCUT2D eigenvalue weighted by Gasteiger charge is -2.07. The van der Waals surface area contributed by atoms with Crippen LogP contribution in [0.2, 0.25) is 0 Å². The molecule has 0 aliphatic rings. The van der Waals surface area contributed by atoms with Crippen LogP contribution in [-0.2, 0) is 4.79 Å². The number of carbonyl (C=O) groups is 1. The Morgan fingerprint density at radius 3 is 2.56 bits per heavy atom. The van der Waals surface area contributed by atoms with Gasteiger partial charge in [-0.15, -0.1) is 0 Å². The fourth-order valence-electron chi connectivity index (χ4n) is 2.50. The monoisotopic (exact) mass is 332 g/mol. The van der Waals surface area contributed by atoms with Crippen LogP contribution >= 0.6 is 0 Å². The zero-order valence-electron chi connectivity index (χ0n) is 14.1. The van der Waals surface area contributed by atoms with E-state index in [0.717, 1.165) is 16.3 Å². The third kappa shape index (κ3) is 4.67. The SMILES string of the molecule is CC(C=NNC(=O)COc1ccc2ccccc2c1)c1ccccc1. The van der Waals surface area contributed by atoms with E-state index < -0.39 is 0 Å². The summed E-state index contributed by atoms with van der Waals surface area (Å²) in [5.41, 5.74) is 3.64. The maximum atomic E-state index is 11.8. The van der Waals surface area contributed by atoms with Gasteiger partial charge in [0.15, 0.2) is 6.61 Å². The predicted molar refractivity (Wildman–Crippen MR) is 101 cm³/mol. The molecule has 0 saturated heterocycles. The lowest BCUT2D eigenvalue weighted by Crippen LogP contribution is -2.24. The summed E-state index contributed by atoms with van der Waals surface area (Å²) in [6.07, 6.45) is 1.71. The van der Waals surface area contributed by atoms with Gasteiger partial charge in [-0.2, -0.15) is 5.10 Å². The molecule has 0 radical (unpaired) electrons. The van der Waals surface area contributed by atoms with E-state index in [-0.39, 0.29) is 18.4 Å². The van der Waals surface area contributed by atoms with Crippen LogP contribution in [0.25, 0.3) is 10.8 Å². The molecule has 25 heavy (non-hydrogen) atoms. The van der Waals surface area contributed by atoms with Gasteiger partial charge >= 0.3 is 0 Å². The smallest absolute Gasteiger partial charge is 0.277 e. The van der Waals surface area contributed by atoms with Crippen LogP contribution in [0, 0.1) is 0 Å². The summed E-state index contributed by atoms with van der Waals surface area (Å²) in [6.45, 7) is 1.95. The van der Waals surface area contributed by atoms with E-state index in [1.54, 1.807) is 6.21 Å². The number of hydrogen-bond donors (Lipinski definition) is 1. The molecule has 126 valence electrons. The third-order valence-electron chi connectivity index (χ3n) is 3.90. The Kier molecular flexibility index (Phi) is 5.42. The van der Waals surface area contributed by atoms with Gasteiger partial charge in [0, 0.05) is 12.1 Å². The minimum atomic E-state index is -0.287. The summed E-state index contributed by atoms with van der Waals surface area (Å²) in [6, 6.07) is 23.8. The van der Waals surface area contributed by atoms with E-state index in [9.17, 15) is 4.79 Å². The molecular formula is C21H20N2O2. The van der Waals surface area contributed by atoms with Crippen molar-refractivity contribution >= 4 is 22.9 Å². The highest BCUT2D eigenvalue weighted by molar-refractivity contribution is 5.84. The highest BCUT2D eigenvalue weighted by Gasteiger charge is 2.04. The Bertz CT molecular complexity index is 875. The molecule has 0 heterocycles. The minimum Gasteiger partial charge on any atom is -0.484 e. The molecule has 0 aliphatic carbocycles. The largest absolute Gasteiger partial charge is 0.484 e. The summed E-state index contributed by atoms with van der Waals surface area (Å²) < 4.78 is 5.53. The van der Waals surface area contributed by atoms with Gasteiger partial charge < -0.3 is 4.74 Å². The standard InChI is InChI=1S/C21H20N2O2/c1-16(17-7-3-2-4-8-17)14-22-23-21(24)15-25-20-12-11-18-9-5-6-10-19(18)13-20/h2-14,16H,15H2,1H3,(H,23,24). The van der Waals surface area contributed by atoms with Gasteiger partial charge in [-0.3, -0.25) is 4.79 Å². The van der Waals surface area contributed by atoms with Crippen LogP contribution in [0.15, 0.2) is 77.9 Å². The second-order valence-electron chi connectivity index (χ2n) is 5.81. The van der Waals surface area contributed by atoms with Crippen LogP contribution in [0.4, 0.5) is 0 Å². The van der Waals surface area contributed by atoms with Crippen molar-refractivity contribution in [2.45, 2.75) is 12.8 Å². The Labute approximate surface area is 147 Å². The number of amides is 1. The Morgan fingerprint density at radius 2 is 1.76 bits per heavy atom. The van der Waals surface area contributed by atoms with Crippen molar-refractivity contribution in [3.05, 3.63) is 78.4 Å². The third-order valence-corrected chi connectivity index (χ3v) is 3.90. The number of hydrazone groups is 1. The Balaban J connectivity index is 1.49. The molecule has 3 aromatic carbocycles. The molecule has 3 rings (SSSR count). The number of benzene rings is 3. The van der Waals surface area contributed by atoms with Gasteiger partial charge in [0.05, 0.1) is 0 Å². The molecule has 0 spiro atoms. The zero-order chi connectivity index (χ0) is 17.5. The summed E-state index contributed by atoms with van der Waals surface area (Å²) in [4.78, 5) is 11.8. The highest BCUT2D eigenvalue weighted by Crippen LogP contribution is 2.20. The molecule has 0 fully saturated rings. The fourth-order valence-corrected chi connectivity index (χ4v) is 2.50. The van der Waals surface area contributed by atoms with Gasteiger partial charge in [0.2, 0.25) is 0 Å². The van der Waals surface area contributed by atoms with Gasteiger partial charge in [-0.1, -0.05) is 67.6 Å². The summed E-state index contributed by atoms with van der Waals surface area (Å²) in [5.74, 6) is 0.503. The summed E-state index contributed by atoms with van der Waals surface area (Å²) in [7, 11) is 0. The van der Waals surface area contributed by atoms with E-state index in [4.69, 9.17) is 4.74 Å². The molecule has 1 unspecified atom stereocenters. The maximum Gasteiger partial charge on any atom is 0.277 e. The highest BCUT2D eigenvalue weighted by atomic mass is 16.5. The van der Waals surface area contributed by atoms with Gasteiger partial charge in [0.1, 0.15) is 5.75 Å². The van der Waals surface area contributed by atoms with Crippen LogP contribution in [0.3, 0.4) is 0 Å². The zero-order valence-corrected chi connectivity index (χ0v) is 14.1. The van der Waals surface area contributed by atoms with Gasteiger partial charge in [-0.25, -0.2) is 5.43 Å². The van der Waals surface area contributed by atoms with Crippen LogP contribution < -0.4 is 10.2 Å². The molecule has 3 aromatic rings. The topological polar surface area (TPSA) is 50.7 Å². The van der Waals surface area contributed by atoms with Crippen molar-refractivity contribution in [2.24, 2.45) is 5.10 Å². The quantitative estimate of drug-likeness (QED) is 0.545. The summed E-state index contributed by atoms with van der Waals surface area (Å²) >= 11 is 0. The molecule has 0 aliphatic heterocycles. The Morgan fingerprint density at radius 1 is 1.04 bits per heavy atom. The molecule has 4 heteroatoms. The Hall–Kier alpha value is -3.14. The predicted octanol–water partition coefficient (Wildman–Crippen LogP) is 4.12. The first-order chi connectivity index (χ1) is 12.2. The summed E-state index contributed by atoms with van der Waals surface area (Å²) in [5, 5.41) is 6.22. The van der Waals surface area contributed by atoms with E-state index >= 15 is 0 Å². The van der Waals surface area contributed by atoms with E-state index in [0.29, 0.717) is 5.75 Å². The van der Waals surface area contributed by atoms with Crippen molar-refractivity contribution in [2.75, 3.05) is 6.61 Å². The number of ether oxygens (including phenoxy) is 1. The molecule has 4 nitrogen and oxygen atoms in total. The van der Waals surface area contributed by atoms with E-state index in [1.807, 2.05) is 79.7 Å². The first-order valence-corrected chi connectivity index (χ1v) is 8.21. The average molecular weight is 332 g/mol. The number of nitrogens with zero attached hydrogens (tertiary/aromatic N) is 1. The van der Waals surface area contributed by atoms with Crippen molar-refractivity contribution in [3.63, 3.8) is 0 Å². The molecule has 0 aromatic heterocycles. The normalized spacial score (nSPS) is 12.2. The molecule has 0 bridgehead atoms. The van der Waals surface area contributed by atoms with Crippen molar-refractivity contribution in [3.8, 4) is 5.75 Å². The second-order valence-corrected chi connectivity index (χ2v) is 5.81. The minimum absolute atomic E-state index is 0.0740. The van der Waals surface area contributed by atoms with E-state index in [2.05, 4.69) is 10.5 Å². The van der Waals surface area contributed by atoms with Crippen molar-refractivity contribution < 1.29 is 9.53 Å². The molecular weight excluding hydrogens is 312 g/mol. The first kappa shape index (κ1) is 16.7. The van der Waals surface area contributed by atoms with Crippen molar-refractivity contribution in [1.82, 2.24) is 5.43 Å². The van der Waals surface area contributed by atoms with E-state index in [1.165, 1.54) is 0 Å². The fraction of sp³-hybridized carbons (Fsp3) is 0.143. The van der Waals surface area contributed by atoms with Crippen LogP contribution in [-0.4, -0.2) is 18.7 Å². The van der Waals surface area contributed by atoms with Gasteiger partial charge in [-0.05, 0) is 28.5 Å². The molecule has 1 amide bonds. The number of rotatable bonds is 6. The van der Waals surface area contributed by atoms with Crippen LogP contribution in [0.5, 0.6) is 5.75 Å². The number of hydrogen-bond acceptors (Lipinski definition) is 3. The average Bonchev–Trinajstić information content (AvgIpc) is 2.67. The lowest BCUT2D eigenvalue weighted by molar-refractivity contribution is -0.123.